The number of rotatable bonds is 4. The number of benzene rings is 1. The SMILES string of the molecule is COc1cccc(OCc2nn3c(C#N)c(C)nc3s2)c1. The van der Waals surface area contributed by atoms with Gasteiger partial charge in [-0.1, -0.05) is 17.4 Å². The van der Waals surface area contributed by atoms with Gasteiger partial charge in [0.05, 0.1) is 12.8 Å². The molecule has 7 heteroatoms. The van der Waals surface area contributed by atoms with Crippen molar-refractivity contribution in [1.82, 2.24) is 14.6 Å². The van der Waals surface area contributed by atoms with Gasteiger partial charge >= 0.3 is 0 Å². The van der Waals surface area contributed by atoms with Gasteiger partial charge in [0.15, 0.2) is 10.7 Å². The van der Waals surface area contributed by atoms with Gasteiger partial charge in [-0.15, -0.1) is 0 Å². The fourth-order valence-electron chi connectivity index (χ4n) is 1.91. The van der Waals surface area contributed by atoms with E-state index < -0.39 is 0 Å². The maximum Gasteiger partial charge on any atom is 0.213 e. The largest absolute Gasteiger partial charge is 0.497 e. The van der Waals surface area contributed by atoms with Crippen LogP contribution >= 0.6 is 11.3 Å². The normalized spacial score (nSPS) is 10.5. The standard InChI is InChI=1S/C14H12N4O2S/c1-9-12(7-15)18-14(16-9)21-13(17-18)8-20-11-5-3-4-10(6-11)19-2/h3-6H,8H2,1-2H3. The average molecular weight is 300 g/mol. The quantitative estimate of drug-likeness (QED) is 0.740. The summed E-state index contributed by atoms with van der Waals surface area (Å²) in [5.74, 6) is 1.45. The van der Waals surface area contributed by atoms with Crippen molar-refractivity contribution in [3.63, 3.8) is 0 Å². The van der Waals surface area contributed by atoms with Crippen LogP contribution in [0.1, 0.15) is 16.4 Å². The molecule has 21 heavy (non-hydrogen) atoms. The van der Waals surface area contributed by atoms with Crippen LogP contribution in [-0.4, -0.2) is 21.7 Å². The van der Waals surface area contributed by atoms with Crippen LogP contribution < -0.4 is 9.47 Å². The van der Waals surface area contributed by atoms with Crippen LogP contribution in [0.15, 0.2) is 24.3 Å². The minimum atomic E-state index is 0.325. The number of hydrogen-bond donors (Lipinski definition) is 0. The van der Waals surface area contributed by atoms with Gasteiger partial charge < -0.3 is 9.47 Å². The lowest BCUT2D eigenvalue weighted by Crippen LogP contribution is -1.97. The van der Waals surface area contributed by atoms with E-state index in [1.807, 2.05) is 24.3 Å². The zero-order valence-electron chi connectivity index (χ0n) is 11.5. The highest BCUT2D eigenvalue weighted by molar-refractivity contribution is 7.16. The van der Waals surface area contributed by atoms with Crippen molar-refractivity contribution in [3.05, 3.63) is 40.7 Å². The second kappa shape index (κ2) is 5.42. The third-order valence-corrected chi connectivity index (χ3v) is 3.81. The van der Waals surface area contributed by atoms with E-state index in [1.54, 1.807) is 18.5 Å². The number of nitrogens with zero attached hydrogens (tertiary/aromatic N) is 4. The summed E-state index contributed by atoms with van der Waals surface area (Å²) in [4.78, 5) is 5.01. The molecule has 0 aliphatic rings. The highest BCUT2D eigenvalue weighted by Gasteiger charge is 2.13. The first-order chi connectivity index (χ1) is 10.2. The van der Waals surface area contributed by atoms with Gasteiger partial charge in [-0.2, -0.15) is 14.9 Å². The van der Waals surface area contributed by atoms with Crippen LogP contribution in [0.5, 0.6) is 11.5 Å². The summed E-state index contributed by atoms with van der Waals surface area (Å²) >= 11 is 1.41. The zero-order chi connectivity index (χ0) is 14.8. The van der Waals surface area contributed by atoms with Crippen LogP contribution in [-0.2, 0) is 6.61 Å². The maximum atomic E-state index is 9.09. The van der Waals surface area contributed by atoms with E-state index in [0.717, 1.165) is 10.8 Å². The van der Waals surface area contributed by atoms with Gasteiger partial charge in [-0.3, -0.25) is 0 Å². The van der Waals surface area contributed by atoms with Crippen LogP contribution in [0, 0.1) is 18.3 Å². The van der Waals surface area contributed by atoms with E-state index in [0.29, 0.717) is 28.7 Å². The third-order valence-electron chi connectivity index (χ3n) is 2.93. The molecule has 6 nitrogen and oxygen atoms in total. The number of aryl methyl sites for hydroxylation is 1. The van der Waals surface area contributed by atoms with E-state index in [1.165, 1.54) is 11.3 Å². The molecule has 0 unspecified atom stereocenters. The molecule has 0 bridgehead atoms. The number of methoxy groups -OCH3 is 1. The van der Waals surface area contributed by atoms with Gasteiger partial charge in [0.25, 0.3) is 0 Å². The Morgan fingerprint density at radius 1 is 1.38 bits per heavy atom. The molecule has 0 atom stereocenters. The first-order valence-corrected chi connectivity index (χ1v) is 7.05. The second-order valence-electron chi connectivity index (χ2n) is 4.32. The topological polar surface area (TPSA) is 72.4 Å². The van der Waals surface area contributed by atoms with Gasteiger partial charge in [-0.05, 0) is 19.1 Å². The summed E-state index contributed by atoms with van der Waals surface area (Å²) in [5, 5.41) is 14.2. The van der Waals surface area contributed by atoms with Gasteiger partial charge in [0, 0.05) is 6.07 Å². The van der Waals surface area contributed by atoms with Gasteiger partial charge in [0.2, 0.25) is 4.96 Å². The van der Waals surface area contributed by atoms with Crippen molar-refractivity contribution in [2.24, 2.45) is 0 Å². The van der Waals surface area contributed by atoms with E-state index in [9.17, 15) is 0 Å². The molecule has 0 saturated carbocycles. The molecular formula is C14H12N4O2S. The van der Waals surface area contributed by atoms with Crippen molar-refractivity contribution in [2.45, 2.75) is 13.5 Å². The average Bonchev–Trinajstić information content (AvgIpc) is 3.01. The Kier molecular flexibility index (Phi) is 3.46. The molecule has 2 heterocycles. The number of aromatic nitrogens is 3. The van der Waals surface area contributed by atoms with E-state index in [2.05, 4.69) is 16.2 Å². The van der Waals surface area contributed by atoms with Crippen LogP contribution in [0.4, 0.5) is 0 Å². The minimum absolute atomic E-state index is 0.325. The molecule has 1 aromatic carbocycles. The Morgan fingerprint density at radius 2 is 2.19 bits per heavy atom. The number of fused-ring (bicyclic) bond motifs is 1. The monoisotopic (exact) mass is 300 g/mol. The molecule has 0 radical (unpaired) electrons. The molecule has 0 amide bonds. The molecular weight excluding hydrogens is 288 g/mol. The van der Waals surface area contributed by atoms with Crippen molar-refractivity contribution in [3.8, 4) is 17.6 Å². The molecule has 3 aromatic rings. The van der Waals surface area contributed by atoms with E-state index >= 15 is 0 Å². The van der Waals surface area contributed by atoms with E-state index in [-0.39, 0.29) is 0 Å². The lowest BCUT2D eigenvalue weighted by molar-refractivity contribution is 0.301. The van der Waals surface area contributed by atoms with Crippen molar-refractivity contribution < 1.29 is 9.47 Å². The molecule has 3 rings (SSSR count). The molecule has 106 valence electrons. The molecule has 0 spiro atoms. The highest BCUT2D eigenvalue weighted by Crippen LogP contribution is 2.22. The molecule has 0 N–H and O–H groups in total. The van der Waals surface area contributed by atoms with Crippen LogP contribution in [0.3, 0.4) is 0 Å². The Morgan fingerprint density at radius 3 is 2.95 bits per heavy atom. The Labute approximate surface area is 125 Å². The van der Waals surface area contributed by atoms with Crippen molar-refractivity contribution in [1.29, 1.82) is 5.26 Å². The third kappa shape index (κ3) is 2.53. The fourth-order valence-corrected chi connectivity index (χ4v) is 2.76. The molecule has 0 aliphatic carbocycles. The second-order valence-corrected chi connectivity index (χ2v) is 5.36. The predicted molar refractivity (Wildman–Crippen MR) is 77.6 cm³/mol. The summed E-state index contributed by atoms with van der Waals surface area (Å²) in [6, 6.07) is 9.48. The summed E-state index contributed by atoms with van der Waals surface area (Å²) in [6.07, 6.45) is 0. The highest BCUT2D eigenvalue weighted by atomic mass is 32.1. The number of ether oxygens (including phenoxy) is 2. The number of hydrogen-bond acceptors (Lipinski definition) is 6. The maximum absolute atomic E-state index is 9.09. The van der Waals surface area contributed by atoms with Crippen LogP contribution in [0.25, 0.3) is 4.96 Å². The minimum Gasteiger partial charge on any atom is -0.497 e. The molecule has 2 aromatic heterocycles. The zero-order valence-corrected chi connectivity index (χ0v) is 12.3. The Bertz CT molecular complexity index is 831. The molecule has 0 aliphatic heterocycles. The molecule has 0 saturated heterocycles. The van der Waals surface area contributed by atoms with Crippen molar-refractivity contribution >= 4 is 16.3 Å². The lowest BCUT2D eigenvalue weighted by Gasteiger charge is -2.05. The summed E-state index contributed by atoms with van der Waals surface area (Å²) in [6.45, 7) is 2.12. The number of nitriles is 1. The smallest absolute Gasteiger partial charge is 0.213 e. The van der Waals surface area contributed by atoms with Gasteiger partial charge in [0.1, 0.15) is 24.2 Å². The summed E-state index contributed by atoms with van der Waals surface area (Å²) in [7, 11) is 1.61. The lowest BCUT2D eigenvalue weighted by atomic mass is 10.3. The first-order valence-electron chi connectivity index (χ1n) is 6.23. The first kappa shape index (κ1) is 13.4. The number of imidazole rings is 1. The fraction of sp³-hybridized carbons (Fsp3) is 0.214. The Hall–Kier alpha value is -2.59. The summed E-state index contributed by atoms with van der Waals surface area (Å²) in [5.41, 5.74) is 1.16. The predicted octanol–water partition coefficient (Wildman–Crippen LogP) is 2.56. The summed E-state index contributed by atoms with van der Waals surface area (Å²) < 4.78 is 12.4. The van der Waals surface area contributed by atoms with E-state index in [4.69, 9.17) is 14.7 Å². The van der Waals surface area contributed by atoms with Crippen LogP contribution in [0.2, 0.25) is 0 Å². The van der Waals surface area contributed by atoms with Gasteiger partial charge in [-0.25, -0.2) is 4.98 Å². The Balaban J connectivity index is 1.79. The molecule has 0 fully saturated rings. The van der Waals surface area contributed by atoms with Crippen molar-refractivity contribution in [2.75, 3.05) is 7.11 Å².